The lowest BCUT2D eigenvalue weighted by Crippen LogP contribution is -2.27. The molecule has 0 heterocycles. The molecule has 1 aliphatic carbocycles. The van der Waals surface area contributed by atoms with Crippen molar-refractivity contribution < 1.29 is 24.2 Å². The van der Waals surface area contributed by atoms with E-state index in [1.807, 2.05) is 24.3 Å². The van der Waals surface area contributed by atoms with Gasteiger partial charge in [0, 0.05) is 30.6 Å². The number of carboxylic acids is 1. The van der Waals surface area contributed by atoms with E-state index in [4.69, 9.17) is 9.84 Å². The number of carboxylic acid groups (broad SMARTS) is 1. The Morgan fingerprint density at radius 1 is 0.886 bits per heavy atom. The molecule has 4 rings (SSSR count). The second kappa shape index (κ2) is 11.2. The Hall–Kier alpha value is -4.39. The molecule has 0 bridgehead atoms. The molecule has 3 N–H and O–H groups in total. The number of carbonyl (C=O) groups is 3. The summed E-state index contributed by atoms with van der Waals surface area (Å²) in [5.74, 6) is -1.19. The van der Waals surface area contributed by atoms with Crippen LogP contribution in [0.5, 0.6) is 0 Å². The molecule has 0 atom stereocenters. The summed E-state index contributed by atoms with van der Waals surface area (Å²) in [6.45, 7) is 0.570. The molecule has 0 saturated heterocycles. The average Bonchev–Trinajstić information content (AvgIpc) is 3.18. The van der Waals surface area contributed by atoms with Crippen LogP contribution in [0.3, 0.4) is 0 Å². The summed E-state index contributed by atoms with van der Waals surface area (Å²) in [5.41, 5.74) is 6.00. The van der Waals surface area contributed by atoms with E-state index >= 15 is 0 Å². The predicted octanol–water partition coefficient (Wildman–Crippen LogP) is 5.04. The fourth-order valence-electron chi connectivity index (χ4n) is 4.16. The number of fused-ring (bicyclic) bond motifs is 3. The highest BCUT2D eigenvalue weighted by Crippen LogP contribution is 2.44. The van der Waals surface area contributed by atoms with Gasteiger partial charge in [-0.2, -0.15) is 0 Å². The van der Waals surface area contributed by atoms with Crippen LogP contribution in [-0.2, 0) is 14.3 Å². The van der Waals surface area contributed by atoms with Gasteiger partial charge in [0.25, 0.3) is 0 Å². The van der Waals surface area contributed by atoms with Crippen molar-refractivity contribution in [3.8, 4) is 11.1 Å². The summed E-state index contributed by atoms with van der Waals surface area (Å²) in [6, 6.07) is 23.2. The lowest BCUT2D eigenvalue weighted by molar-refractivity contribution is -0.131. The van der Waals surface area contributed by atoms with Gasteiger partial charge in [-0.3, -0.25) is 4.79 Å². The minimum absolute atomic E-state index is 0.00457. The van der Waals surface area contributed by atoms with Crippen LogP contribution < -0.4 is 10.6 Å². The third-order valence-corrected chi connectivity index (χ3v) is 5.81. The topological polar surface area (TPSA) is 105 Å². The number of rotatable bonds is 9. The van der Waals surface area contributed by atoms with Crippen molar-refractivity contribution in [1.82, 2.24) is 5.32 Å². The first kappa shape index (κ1) is 23.8. The van der Waals surface area contributed by atoms with Crippen molar-refractivity contribution in [2.45, 2.75) is 18.8 Å². The maximum absolute atomic E-state index is 12.2. The number of benzene rings is 3. The zero-order valence-corrected chi connectivity index (χ0v) is 19.1. The SMILES string of the molecule is O=C(O)/C=C/c1ccc(NC(=O)CCCNC(=O)OCC2c3ccccc3-c3ccccc32)cc1. The van der Waals surface area contributed by atoms with Crippen molar-refractivity contribution in [2.24, 2.45) is 0 Å². The molecule has 2 amide bonds. The molecule has 35 heavy (non-hydrogen) atoms. The Bertz CT molecular complexity index is 1200. The molecule has 0 unspecified atom stereocenters. The fraction of sp³-hybridized carbons (Fsp3) is 0.179. The molecule has 0 saturated carbocycles. The minimum atomic E-state index is -1.02. The summed E-state index contributed by atoms with van der Waals surface area (Å²) < 4.78 is 5.50. The molecular weight excluding hydrogens is 444 g/mol. The van der Waals surface area contributed by atoms with E-state index in [2.05, 4.69) is 34.9 Å². The van der Waals surface area contributed by atoms with Gasteiger partial charge in [-0.05, 0) is 52.4 Å². The maximum atomic E-state index is 12.2. The van der Waals surface area contributed by atoms with Gasteiger partial charge in [-0.1, -0.05) is 60.7 Å². The van der Waals surface area contributed by atoms with E-state index in [0.717, 1.165) is 22.8 Å². The quantitative estimate of drug-likeness (QED) is 0.300. The first-order chi connectivity index (χ1) is 17.0. The predicted molar refractivity (Wildman–Crippen MR) is 134 cm³/mol. The first-order valence-corrected chi connectivity index (χ1v) is 11.4. The fourth-order valence-corrected chi connectivity index (χ4v) is 4.16. The number of alkyl carbamates (subject to hydrolysis) is 1. The van der Waals surface area contributed by atoms with Crippen molar-refractivity contribution >= 4 is 29.7 Å². The van der Waals surface area contributed by atoms with Gasteiger partial charge >= 0.3 is 12.1 Å². The molecule has 0 spiro atoms. The van der Waals surface area contributed by atoms with Crippen LogP contribution in [0, 0.1) is 0 Å². The van der Waals surface area contributed by atoms with Gasteiger partial charge in [0.05, 0.1) is 0 Å². The Balaban J connectivity index is 1.18. The Kier molecular flexibility index (Phi) is 7.57. The second-order valence-corrected chi connectivity index (χ2v) is 8.20. The third kappa shape index (κ3) is 6.14. The number of hydrogen-bond donors (Lipinski definition) is 3. The van der Waals surface area contributed by atoms with Crippen molar-refractivity contribution in [2.75, 3.05) is 18.5 Å². The van der Waals surface area contributed by atoms with E-state index in [0.29, 0.717) is 18.7 Å². The van der Waals surface area contributed by atoms with E-state index in [1.165, 1.54) is 17.2 Å². The molecule has 3 aromatic rings. The molecule has 7 heteroatoms. The van der Waals surface area contributed by atoms with Crippen molar-refractivity contribution in [3.63, 3.8) is 0 Å². The third-order valence-electron chi connectivity index (χ3n) is 5.81. The summed E-state index contributed by atoms with van der Waals surface area (Å²) >= 11 is 0. The van der Waals surface area contributed by atoms with Crippen molar-refractivity contribution in [1.29, 1.82) is 0 Å². The van der Waals surface area contributed by atoms with Gasteiger partial charge in [-0.25, -0.2) is 9.59 Å². The summed E-state index contributed by atoms with van der Waals surface area (Å²) in [5, 5.41) is 14.1. The van der Waals surface area contributed by atoms with Gasteiger partial charge < -0.3 is 20.5 Å². The highest BCUT2D eigenvalue weighted by Gasteiger charge is 2.28. The molecule has 3 aromatic carbocycles. The zero-order chi connectivity index (χ0) is 24.6. The van der Waals surface area contributed by atoms with E-state index in [1.54, 1.807) is 24.3 Å². The number of hydrogen-bond acceptors (Lipinski definition) is 4. The number of carbonyl (C=O) groups excluding carboxylic acids is 2. The summed E-state index contributed by atoms with van der Waals surface area (Å²) in [6.07, 6.45) is 2.73. The molecule has 0 fully saturated rings. The van der Waals surface area contributed by atoms with Gasteiger partial charge in [0.1, 0.15) is 6.61 Å². The van der Waals surface area contributed by atoms with Crippen LogP contribution in [0.1, 0.15) is 35.4 Å². The van der Waals surface area contributed by atoms with E-state index in [9.17, 15) is 14.4 Å². The first-order valence-electron chi connectivity index (χ1n) is 11.4. The number of amides is 2. The second-order valence-electron chi connectivity index (χ2n) is 8.20. The maximum Gasteiger partial charge on any atom is 0.407 e. The van der Waals surface area contributed by atoms with Crippen LogP contribution >= 0.6 is 0 Å². The molecule has 0 aliphatic heterocycles. The van der Waals surface area contributed by atoms with E-state index in [-0.39, 0.29) is 24.9 Å². The number of aliphatic carboxylic acids is 1. The van der Waals surface area contributed by atoms with Gasteiger partial charge in [0.2, 0.25) is 5.91 Å². The molecular formula is C28H26N2O5. The molecule has 178 valence electrons. The molecule has 1 aliphatic rings. The Morgan fingerprint density at radius 3 is 2.14 bits per heavy atom. The van der Waals surface area contributed by atoms with Crippen LogP contribution in [0.4, 0.5) is 10.5 Å². The van der Waals surface area contributed by atoms with Gasteiger partial charge in [-0.15, -0.1) is 0 Å². The zero-order valence-electron chi connectivity index (χ0n) is 19.1. The van der Waals surface area contributed by atoms with Gasteiger partial charge in [0.15, 0.2) is 0 Å². The molecule has 0 aromatic heterocycles. The molecule has 0 radical (unpaired) electrons. The van der Waals surface area contributed by atoms with E-state index < -0.39 is 12.1 Å². The van der Waals surface area contributed by atoms with Crippen LogP contribution in [-0.4, -0.2) is 36.2 Å². The largest absolute Gasteiger partial charge is 0.478 e. The van der Waals surface area contributed by atoms with Crippen LogP contribution in [0.25, 0.3) is 17.2 Å². The van der Waals surface area contributed by atoms with Crippen LogP contribution in [0.2, 0.25) is 0 Å². The number of anilines is 1. The average molecular weight is 471 g/mol. The standard InChI is InChI=1S/C28H26N2O5/c31-26(30-20-14-11-19(12-15-20)13-16-27(32)33)10-5-17-29-28(34)35-18-25-23-8-3-1-6-21(23)22-7-2-4-9-24(22)25/h1-4,6-9,11-16,25H,5,10,17-18H2,(H,29,34)(H,30,31)(H,32,33)/b16-13+. The monoisotopic (exact) mass is 470 g/mol. The van der Waals surface area contributed by atoms with Crippen LogP contribution in [0.15, 0.2) is 78.9 Å². The summed E-state index contributed by atoms with van der Waals surface area (Å²) in [4.78, 5) is 34.9. The lowest BCUT2D eigenvalue weighted by Gasteiger charge is -2.14. The number of ether oxygens (including phenoxy) is 1. The normalized spacial score (nSPS) is 12.1. The molecule has 7 nitrogen and oxygen atoms in total. The summed E-state index contributed by atoms with van der Waals surface area (Å²) in [7, 11) is 0. The minimum Gasteiger partial charge on any atom is -0.478 e. The Labute approximate surface area is 203 Å². The Morgan fingerprint density at radius 2 is 1.51 bits per heavy atom. The lowest BCUT2D eigenvalue weighted by atomic mass is 9.98. The smallest absolute Gasteiger partial charge is 0.407 e. The number of nitrogens with one attached hydrogen (secondary N) is 2. The highest BCUT2D eigenvalue weighted by molar-refractivity contribution is 5.91. The highest BCUT2D eigenvalue weighted by atomic mass is 16.5. The van der Waals surface area contributed by atoms with Crippen molar-refractivity contribution in [3.05, 3.63) is 95.6 Å².